The number of methoxy groups -OCH3 is 1. The third kappa shape index (κ3) is 3.87. The van der Waals surface area contributed by atoms with Crippen LogP contribution in [0.25, 0.3) is 0 Å². The van der Waals surface area contributed by atoms with Crippen molar-refractivity contribution in [2.45, 2.75) is 20.3 Å². The Balaban J connectivity index is 2.78. The average molecular weight is 231 g/mol. The van der Waals surface area contributed by atoms with E-state index in [2.05, 4.69) is 21.9 Å². The molecule has 0 bridgehead atoms. The van der Waals surface area contributed by atoms with Crippen molar-refractivity contribution < 1.29 is 9.53 Å². The molecule has 3 nitrogen and oxygen atoms in total. The van der Waals surface area contributed by atoms with Gasteiger partial charge < -0.3 is 4.74 Å². The summed E-state index contributed by atoms with van der Waals surface area (Å²) in [6.45, 7) is 3.98. The van der Waals surface area contributed by atoms with Crippen molar-refractivity contribution >= 4 is 5.97 Å². The summed E-state index contributed by atoms with van der Waals surface area (Å²) in [4.78, 5) is 15.5. The molecule has 0 N–H and O–H groups in total. The van der Waals surface area contributed by atoms with Gasteiger partial charge in [-0.1, -0.05) is 18.2 Å². The first-order chi connectivity index (χ1) is 8.21. The second-order valence-corrected chi connectivity index (χ2v) is 3.57. The van der Waals surface area contributed by atoms with Gasteiger partial charge in [-0.15, -0.1) is 0 Å². The number of carbonyl (C=O) groups excluding carboxylic acids is 1. The average Bonchev–Trinajstić information content (AvgIpc) is 2.38. The predicted molar refractivity (Wildman–Crippen MR) is 67.9 cm³/mol. The Morgan fingerprint density at radius 2 is 2.18 bits per heavy atom. The lowest BCUT2D eigenvalue weighted by molar-refractivity contribution is 0.0600. The molecule has 17 heavy (non-hydrogen) atoms. The molecule has 0 aliphatic heterocycles. The number of pyridine rings is 1. The number of carbonyl (C=O) groups is 1. The van der Waals surface area contributed by atoms with Crippen LogP contribution in [0.2, 0.25) is 0 Å². The Morgan fingerprint density at radius 1 is 1.41 bits per heavy atom. The number of rotatable bonds is 4. The van der Waals surface area contributed by atoms with Crippen LogP contribution in [0.5, 0.6) is 0 Å². The van der Waals surface area contributed by atoms with Crippen LogP contribution in [0.3, 0.4) is 0 Å². The first-order valence-corrected chi connectivity index (χ1v) is 5.52. The van der Waals surface area contributed by atoms with Crippen molar-refractivity contribution in [3.8, 4) is 0 Å². The molecule has 0 atom stereocenters. The van der Waals surface area contributed by atoms with Gasteiger partial charge in [-0.3, -0.25) is 4.98 Å². The zero-order valence-corrected chi connectivity index (χ0v) is 10.4. The number of allylic oxidation sites excluding steroid dienone is 4. The Hall–Kier alpha value is -1.90. The van der Waals surface area contributed by atoms with Crippen LogP contribution in [-0.2, 0) is 11.2 Å². The summed E-state index contributed by atoms with van der Waals surface area (Å²) in [7, 11) is 1.36. The summed E-state index contributed by atoms with van der Waals surface area (Å²) in [5.41, 5.74) is 2.61. The summed E-state index contributed by atoms with van der Waals surface area (Å²) in [5, 5.41) is 0. The maximum Gasteiger partial charge on any atom is 0.339 e. The van der Waals surface area contributed by atoms with E-state index < -0.39 is 0 Å². The van der Waals surface area contributed by atoms with Gasteiger partial charge in [-0.2, -0.15) is 0 Å². The molecule has 0 aromatic carbocycles. The van der Waals surface area contributed by atoms with Crippen molar-refractivity contribution in [2.24, 2.45) is 0 Å². The molecule has 0 aliphatic rings. The summed E-state index contributed by atoms with van der Waals surface area (Å²) in [6.07, 6.45) is 8.41. The number of hydrogen-bond donors (Lipinski definition) is 0. The van der Waals surface area contributed by atoms with Gasteiger partial charge >= 0.3 is 5.97 Å². The summed E-state index contributed by atoms with van der Waals surface area (Å²) in [5.74, 6) is -0.358. The topological polar surface area (TPSA) is 39.2 Å². The van der Waals surface area contributed by atoms with E-state index in [0.29, 0.717) is 5.56 Å². The highest BCUT2D eigenvalue weighted by Gasteiger charge is 2.05. The highest BCUT2D eigenvalue weighted by molar-refractivity contribution is 5.88. The molecule has 1 aromatic rings. The number of esters is 1. The van der Waals surface area contributed by atoms with E-state index in [9.17, 15) is 4.79 Å². The molecular formula is C14H17NO2. The fraction of sp³-hybridized carbons (Fsp3) is 0.286. The minimum absolute atomic E-state index is 0.358. The molecule has 0 aliphatic carbocycles. The molecular weight excluding hydrogens is 214 g/mol. The van der Waals surface area contributed by atoms with Gasteiger partial charge in [0.05, 0.1) is 12.7 Å². The third-order valence-corrected chi connectivity index (χ3v) is 2.38. The molecule has 1 heterocycles. The Morgan fingerprint density at radius 3 is 2.65 bits per heavy atom. The van der Waals surface area contributed by atoms with Gasteiger partial charge in [0.1, 0.15) is 0 Å². The molecule has 1 rings (SSSR count). The number of hydrogen-bond acceptors (Lipinski definition) is 3. The summed E-state index contributed by atoms with van der Waals surface area (Å²) < 4.78 is 4.62. The van der Waals surface area contributed by atoms with Crippen molar-refractivity contribution in [1.82, 2.24) is 4.98 Å². The minimum Gasteiger partial charge on any atom is -0.465 e. The molecule has 90 valence electrons. The van der Waals surface area contributed by atoms with Crippen LogP contribution >= 0.6 is 0 Å². The van der Waals surface area contributed by atoms with Gasteiger partial charge in [0.25, 0.3) is 0 Å². The molecule has 0 saturated carbocycles. The van der Waals surface area contributed by atoms with Crippen LogP contribution < -0.4 is 0 Å². The summed E-state index contributed by atoms with van der Waals surface area (Å²) >= 11 is 0. The van der Waals surface area contributed by atoms with E-state index in [4.69, 9.17) is 0 Å². The molecule has 0 spiro atoms. The molecule has 3 heteroatoms. The van der Waals surface area contributed by atoms with E-state index in [-0.39, 0.29) is 5.97 Å². The lowest BCUT2D eigenvalue weighted by atomic mass is 10.1. The van der Waals surface area contributed by atoms with Crippen LogP contribution in [-0.4, -0.2) is 18.1 Å². The van der Waals surface area contributed by atoms with Gasteiger partial charge in [-0.25, -0.2) is 4.79 Å². The van der Waals surface area contributed by atoms with Crippen LogP contribution in [0, 0.1) is 0 Å². The summed E-state index contributed by atoms with van der Waals surface area (Å²) in [6, 6.07) is 3.58. The number of ether oxygens (including phenoxy) is 1. The SMILES string of the molecule is C/C=C\C(=C/C)Cc1ccc(C(=O)OC)cn1. The maximum atomic E-state index is 11.2. The molecule has 0 unspecified atom stereocenters. The normalized spacial score (nSPS) is 11.8. The zero-order chi connectivity index (χ0) is 12.7. The lowest BCUT2D eigenvalue weighted by Gasteiger charge is -2.03. The first kappa shape index (κ1) is 13.2. The van der Waals surface area contributed by atoms with E-state index in [1.807, 2.05) is 26.0 Å². The van der Waals surface area contributed by atoms with Crippen LogP contribution in [0.1, 0.15) is 29.9 Å². The number of aromatic nitrogens is 1. The highest BCUT2D eigenvalue weighted by atomic mass is 16.5. The molecule has 0 amide bonds. The monoisotopic (exact) mass is 231 g/mol. The van der Waals surface area contributed by atoms with Gasteiger partial charge in [0, 0.05) is 18.3 Å². The van der Waals surface area contributed by atoms with Crippen molar-refractivity contribution in [3.05, 3.63) is 53.4 Å². The molecule has 0 fully saturated rings. The largest absolute Gasteiger partial charge is 0.465 e. The van der Waals surface area contributed by atoms with E-state index in [1.165, 1.54) is 12.7 Å². The maximum absolute atomic E-state index is 11.2. The predicted octanol–water partition coefficient (Wildman–Crippen LogP) is 2.93. The first-order valence-electron chi connectivity index (χ1n) is 5.52. The van der Waals surface area contributed by atoms with Gasteiger partial charge in [0.15, 0.2) is 0 Å². The molecule has 1 aromatic heterocycles. The highest BCUT2D eigenvalue weighted by Crippen LogP contribution is 2.08. The van der Waals surface area contributed by atoms with E-state index >= 15 is 0 Å². The Labute approximate surface area is 102 Å². The van der Waals surface area contributed by atoms with Crippen LogP contribution in [0.4, 0.5) is 0 Å². The second-order valence-electron chi connectivity index (χ2n) is 3.57. The second kappa shape index (κ2) is 6.63. The van der Waals surface area contributed by atoms with Crippen molar-refractivity contribution in [1.29, 1.82) is 0 Å². The minimum atomic E-state index is -0.358. The molecule has 0 saturated heterocycles. The Kier molecular flexibility index (Phi) is 5.14. The van der Waals surface area contributed by atoms with Gasteiger partial charge in [-0.05, 0) is 31.6 Å². The molecule has 0 radical (unpaired) electrons. The third-order valence-electron chi connectivity index (χ3n) is 2.38. The smallest absolute Gasteiger partial charge is 0.339 e. The fourth-order valence-corrected chi connectivity index (χ4v) is 1.45. The standard InChI is InChI=1S/C14H17NO2/c1-4-6-11(5-2)9-13-8-7-12(10-15-13)14(16)17-3/h4-8,10H,9H2,1-3H3/b6-4-,11-5+. The Bertz CT molecular complexity index is 430. The van der Waals surface area contributed by atoms with Crippen LogP contribution in [0.15, 0.2) is 42.1 Å². The van der Waals surface area contributed by atoms with Crippen molar-refractivity contribution in [3.63, 3.8) is 0 Å². The number of nitrogens with zero attached hydrogens (tertiary/aromatic N) is 1. The van der Waals surface area contributed by atoms with Crippen molar-refractivity contribution in [2.75, 3.05) is 7.11 Å². The fourth-order valence-electron chi connectivity index (χ4n) is 1.45. The quantitative estimate of drug-likeness (QED) is 0.590. The van der Waals surface area contributed by atoms with E-state index in [0.717, 1.165) is 12.1 Å². The van der Waals surface area contributed by atoms with Gasteiger partial charge in [0.2, 0.25) is 0 Å². The lowest BCUT2D eigenvalue weighted by Crippen LogP contribution is -2.02. The van der Waals surface area contributed by atoms with E-state index in [1.54, 1.807) is 12.3 Å². The zero-order valence-electron chi connectivity index (χ0n) is 10.4.